The van der Waals surface area contributed by atoms with E-state index in [9.17, 15) is 17.6 Å². The number of anilines is 1. The van der Waals surface area contributed by atoms with Gasteiger partial charge in [0.1, 0.15) is 10.1 Å². The van der Waals surface area contributed by atoms with E-state index >= 15 is 0 Å². The van der Waals surface area contributed by atoms with Crippen LogP contribution in [0.5, 0.6) is 0 Å². The van der Waals surface area contributed by atoms with Gasteiger partial charge in [-0.2, -0.15) is 13.2 Å². The van der Waals surface area contributed by atoms with E-state index in [1.807, 2.05) is 0 Å². The molecule has 2 heterocycles. The molecular formula is C10H6F4N4S. The molecule has 19 heavy (non-hydrogen) atoms. The van der Waals surface area contributed by atoms with Crippen LogP contribution in [0.25, 0.3) is 0 Å². The van der Waals surface area contributed by atoms with Gasteiger partial charge in [0.05, 0.1) is 11.8 Å². The predicted molar refractivity (Wildman–Crippen MR) is 59.8 cm³/mol. The predicted octanol–water partition coefficient (Wildman–Crippen LogP) is 2.76. The zero-order valence-electron chi connectivity index (χ0n) is 9.15. The van der Waals surface area contributed by atoms with Gasteiger partial charge in [0.15, 0.2) is 5.82 Å². The lowest BCUT2D eigenvalue weighted by molar-refractivity contribution is -0.137. The molecule has 0 fully saturated rings. The Kier molecular flexibility index (Phi) is 3.56. The zero-order chi connectivity index (χ0) is 14.0. The summed E-state index contributed by atoms with van der Waals surface area (Å²) in [6.45, 7) is 0. The summed E-state index contributed by atoms with van der Waals surface area (Å²) in [7, 11) is 0. The minimum atomic E-state index is -4.46. The van der Waals surface area contributed by atoms with Gasteiger partial charge in [-0.3, -0.25) is 0 Å². The number of alkyl halides is 3. The summed E-state index contributed by atoms with van der Waals surface area (Å²) in [5.74, 6) is -0.850. The summed E-state index contributed by atoms with van der Waals surface area (Å²) in [5, 5.41) is 0.0739. The maximum absolute atomic E-state index is 13.3. The largest absolute Gasteiger partial charge is 0.417 e. The quantitative estimate of drug-likeness (QED) is 0.680. The fourth-order valence-corrected chi connectivity index (χ4v) is 1.87. The molecule has 2 N–H and O–H groups in total. The van der Waals surface area contributed by atoms with Gasteiger partial charge in [-0.05, 0) is 23.9 Å². The second-order valence-electron chi connectivity index (χ2n) is 3.37. The van der Waals surface area contributed by atoms with Crippen molar-refractivity contribution < 1.29 is 17.6 Å². The number of aromatic nitrogens is 3. The lowest BCUT2D eigenvalue weighted by Gasteiger charge is -2.06. The van der Waals surface area contributed by atoms with Crippen molar-refractivity contribution in [3.05, 3.63) is 35.9 Å². The summed E-state index contributed by atoms with van der Waals surface area (Å²) in [4.78, 5) is 10.7. The van der Waals surface area contributed by atoms with Crippen LogP contribution in [0.15, 0.2) is 34.6 Å². The van der Waals surface area contributed by atoms with Crippen LogP contribution in [0.2, 0.25) is 0 Å². The van der Waals surface area contributed by atoms with Gasteiger partial charge in [-0.25, -0.2) is 19.3 Å². The Bertz CT molecular complexity index is 585. The smallest absolute Gasteiger partial charge is 0.368 e. The Hall–Kier alpha value is -1.90. The monoisotopic (exact) mass is 290 g/mol. The minimum absolute atomic E-state index is 0.0974. The Balaban J connectivity index is 2.22. The lowest BCUT2D eigenvalue weighted by atomic mass is 10.3. The van der Waals surface area contributed by atoms with Crippen LogP contribution in [-0.2, 0) is 6.18 Å². The number of hydrogen-bond donors (Lipinski definition) is 1. The van der Waals surface area contributed by atoms with Crippen molar-refractivity contribution in [1.82, 2.24) is 15.0 Å². The van der Waals surface area contributed by atoms with Gasteiger partial charge >= 0.3 is 6.18 Å². The highest BCUT2D eigenvalue weighted by Crippen LogP contribution is 2.31. The van der Waals surface area contributed by atoms with E-state index in [0.717, 1.165) is 30.1 Å². The Morgan fingerprint density at radius 2 is 1.84 bits per heavy atom. The van der Waals surface area contributed by atoms with Gasteiger partial charge in [0.25, 0.3) is 0 Å². The molecule has 0 saturated carbocycles. The van der Waals surface area contributed by atoms with Crippen molar-refractivity contribution in [1.29, 1.82) is 0 Å². The first-order valence-corrected chi connectivity index (χ1v) is 5.67. The van der Waals surface area contributed by atoms with Gasteiger partial charge in [-0.15, -0.1) is 0 Å². The molecule has 0 aliphatic carbocycles. The van der Waals surface area contributed by atoms with E-state index in [4.69, 9.17) is 5.73 Å². The summed E-state index contributed by atoms with van der Waals surface area (Å²) < 4.78 is 50.3. The molecule has 0 aliphatic heterocycles. The second-order valence-corrected chi connectivity index (χ2v) is 4.38. The second kappa shape index (κ2) is 5.00. The van der Waals surface area contributed by atoms with Crippen molar-refractivity contribution in [2.45, 2.75) is 16.2 Å². The molecule has 9 heteroatoms. The number of nitrogens with zero attached hydrogens (tertiary/aromatic N) is 3. The molecule has 0 atom stereocenters. The minimum Gasteiger partial charge on any atom is -0.368 e. The van der Waals surface area contributed by atoms with Crippen LogP contribution in [-0.4, -0.2) is 15.0 Å². The molecule has 0 unspecified atom stereocenters. The topological polar surface area (TPSA) is 64.7 Å². The Morgan fingerprint density at radius 3 is 2.42 bits per heavy atom. The van der Waals surface area contributed by atoms with E-state index in [-0.39, 0.29) is 16.0 Å². The third-order valence-corrected chi connectivity index (χ3v) is 2.93. The van der Waals surface area contributed by atoms with Crippen LogP contribution >= 0.6 is 11.8 Å². The Labute approximate surface area is 109 Å². The van der Waals surface area contributed by atoms with Crippen LogP contribution in [0.3, 0.4) is 0 Å². The Morgan fingerprint density at radius 1 is 1.11 bits per heavy atom. The molecule has 4 nitrogen and oxygen atoms in total. The van der Waals surface area contributed by atoms with Crippen molar-refractivity contribution in [2.24, 2.45) is 0 Å². The molecule has 2 aromatic rings. The standard InChI is InChI=1S/C10H6F4N4S/c11-6-4-17-9(15)18-8(6)19-7-2-1-5(3-16-7)10(12,13)14/h1-4H,(H2,15,17,18). The molecule has 100 valence electrons. The first kappa shape index (κ1) is 13.5. The summed E-state index contributed by atoms with van der Waals surface area (Å²) >= 11 is 0.763. The van der Waals surface area contributed by atoms with Crippen molar-refractivity contribution >= 4 is 17.7 Å². The number of halogens is 4. The molecule has 0 saturated heterocycles. The third kappa shape index (κ3) is 3.31. The maximum Gasteiger partial charge on any atom is 0.417 e. The highest BCUT2D eigenvalue weighted by Gasteiger charge is 2.30. The number of nitrogen functional groups attached to an aromatic ring is 1. The zero-order valence-corrected chi connectivity index (χ0v) is 9.96. The highest BCUT2D eigenvalue weighted by atomic mass is 32.2. The van der Waals surface area contributed by atoms with E-state index in [0.29, 0.717) is 6.20 Å². The molecule has 2 rings (SSSR count). The molecule has 0 aromatic carbocycles. The fourth-order valence-electron chi connectivity index (χ4n) is 1.14. The van der Waals surface area contributed by atoms with E-state index in [1.165, 1.54) is 0 Å². The molecule has 0 amide bonds. The first-order chi connectivity index (χ1) is 8.86. The van der Waals surface area contributed by atoms with Crippen molar-refractivity contribution in [3.63, 3.8) is 0 Å². The van der Waals surface area contributed by atoms with Crippen LogP contribution in [0.4, 0.5) is 23.5 Å². The molecular weight excluding hydrogens is 284 g/mol. The number of pyridine rings is 1. The van der Waals surface area contributed by atoms with Crippen molar-refractivity contribution in [3.8, 4) is 0 Å². The first-order valence-electron chi connectivity index (χ1n) is 4.85. The summed E-state index contributed by atoms with van der Waals surface area (Å²) in [5.41, 5.74) is 4.42. The molecule has 0 aliphatic rings. The van der Waals surface area contributed by atoms with Crippen LogP contribution in [0, 0.1) is 5.82 Å². The number of hydrogen-bond acceptors (Lipinski definition) is 5. The SMILES string of the molecule is Nc1ncc(F)c(Sc2ccc(C(F)(F)F)cn2)n1. The third-order valence-electron chi connectivity index (χ3n) is 2.00. The van der Waals surface area contributed by atoms with Gasteiger partial charge in [0, 0.05) is 6.20 Å². The average Bonchev–Trinajstić information content (AvgIpc) is 2.33. The van der Waals surface area contributed by atoms with Gasteiger partial charge < -0.3 is 5.73 Å². The molecule has 0 spiro atoms. The molecule has 0 bridgehead atoms. The van der Waals surface area contributed by atoms with Gasteiger partial charge in [0.2, 0.25) is 5.95 Å². The summed E-state index contributed by atoms with van der Waals surface area (Å²) in [6.07, 6.45) is -2.90. The van der Waals surface area contributed by atoms with Crippen LogP contribution in [0.1, 0.15) is 5.56 Å². The normalized spacial score (nSPS) is 11.6. The number of rotatable bonds is 2. The highest BCUT2D eigenvalue weighted by molar-refractivity contribution is 7.99. The van der Waals surface area contributed by atoms with E-state index < -0.39 is 17.6 Å². The van der Waals surface area contributed by atoms with Gasteiger partial charge in [-0.1, -0.05) is 0 Å². The molecule has 0 radical (unpaired) electrons. The van der Waals surface area contributed by atoms with E-state index in [2.05, 4.69) is 15.0 Å². The summed E-state index contributed by atoms with van der Waals surface area (Å²) in [6, 6.07) is 1.99. The van der Waals surface area contributed by atoms with Crippen LogP contribution < -0.4 is 5.73 Å². The maximum atomic E-state index is 13.3. The average molecular weight is 290 g/mol. The molecule has 2 aromatic heterocycles. The lowest BCUT2D eigenvalue weighted by Crippen LogP contribution is -2.05. The van der Waals surface area contributed by atoms with E-state index in [1.54, 1.807) is 0 Å². The fraction of sp³-hybridized carbons (Fsp3) is 0.100. The van der Waals surface area contributed by atoms with Crippen molar-refractivity contribution in [2.75, 3.05) is 5.73 Å². The number of nitrogens with two attached hydrogens (primary N) is 1.